The Bertz CT molecular complexity index is 1020. The Kier molecular flexibility index (Phi) is 8.75. The highest BCUT2D eigenvalue weighted by atomic mass is 16.6. The molecule has 0 aromatic heterocycles. The zero-order chi connectivity index (χ0) is 23.8. The largest absolute Gasteiger partial charge is 0.391 e. The lowest BCUT2D eigenvalue weighted by Gasteiger charge is -2.20. The lowest BCUT2D eigenvalue weighted by molar-refractivity contribution is -0.119. The molecule has 6 nitrogen and oxygen atoms in total. The van der Waals surface area contributed by atoms with Crippen LogP contribution in [-0.2, 0) is 29.1 Å². The summed E-state index contributed by atoms with van der Waals surface area (Å²) in [6, 6.07) is 12.4. The van der Waals surface area contributed by atoms with Gasteiger partial charge in [-0.1, -0.05) is 56.3 Å². The third kappa shape index (κ3) is 6.06. The molecule has 33 heavy (non-hydrogen) atoms. The summed E-state index contributed by atoms with van der Waals surface area (Å²) in [6.45, 7) is 8.85. The molecule has 2 atom stereocenters. The van der Waals surface area contributed by atoms with E-state index in [0.29, 0.717) is 25.5 Å². The maximum absolute atomic E-state index is 12.7. The Morgan fingerprint density at radius 3 is 2.73 bits per heavy atom. The Balaban J connectivity index is 1.80. The fourth-order valence-electron chi connectivity index (χ4n) is 4.41. The molecule has 0 aliphatic heterocycles. The first-order valence-electron chi connectivity index (χ1n) is 12.0. The second kappa shape index (κ2) is 11.7. The number of anilines is 1. The van der Waals surface area contributed by atoms with E-state index in [0.717, 1.165) is 41.8 Å². The number of rotatable bonds is 11. The van der Waals surface area contributed by atoms with Gasteiger partial charge in [-0.2, -0.15) is 5.11 Å². The van der Waals surface area contributed by atoms with Gasteiger partial charge in [-0.15, -0.1) is 0 Å². The summed E-state index contributed by atoms with van der Waals surface area (Å²) < 4.78 is 0. The van der Waals surface area contributed by atoms with E-state index >= 15 is 0 Å². The molecule has 0 saturated heterocycles. The summed E-state index contributed by atoms with van der Waals surface area (Å²) >= 11 is 0. The van der Waals surface area contributed by atoms with Crippen LogP contribution in [0.3, 0.4) is 0 Å². The summed E-state index contributed by atoms with van der Waals surface area (Å²) in [5.74, 6) is 0.0451. The first-order valence-corrected chi connectivity index (χ1v) is 12.0. The molecule has 1 amide bonds. The Labute approximate surface area is 197 Å². The number of nitrogens with zero attached hydrogens (tertiary/aromatic N) is 2. The second-order valence-electron chi connectivity index (χ2n) is 8.99. The Hall–Kier alpha value is -3.02. The van der Waals surface area contributed by atoms with Gasteiger partial charge in [0, 0.05) is 22.7 Å². The molecule has 6 heteroatoms. The molecule has 2 unspecified atom stereocenters. The van der Waals surface area contributed by atoms with Gasteiger partial charge in [0.1, 0.15) is 6.61 Å². The van der Waals surface area contributed by atoms with Crippen LogP contribution < -0.4 is 5.32 Å². The van der Waals surface area contributed by atoms with Crippen LogP contribution in [-0.4, -0.2) is 18.2 Å². The highest BCUT2D eigenvalue weighted by Crippen LogP contribution is 2.30. The third-order valence-electron chi connectivity index (χ3n) is 6.68. The van der Waals surface area contributed by atoms with Crippen LogP contribution in [0.5, 0.6) is 0 Å². The SMILES string of the molecule is CCC(C)c1cccc(NC(=O)C(C)CCN=N)c1CO/N=C(/C)c1cccc2c1CCC2. The predicted molar refractivity (Wildman–Crippen MR) is 133 cm³/mol. The van der Waals surface area contributed by atoms with Crippen molar-refractivity contribution in [3.8, 4) is 0 Å². The van der Waals surface area contributed by atoms with Crippen LogP contribution in [0.15, 0.2) is 46.7 Å². The molecule has 1 aliphatic rings. The second-order valence-corrected chi connectivity index (χ2v) is 8.99. The number of benzene rings is 2. The molecule has 176 valence electrons. The van der Waals surface area contributed by atoms with Gasteiger partial charge in [0.2, 0.25) is 5.91 Å². The number of amides is 1. The van der Waals surface area contributed by atoms with Crippen LogP contribution in [0.25, 0.3) is 0 Å². The lowest BCUT2D eigenvalue weighted by atomic mass is 9.92. The number of nitrogens with one attached hydrogen (secondary N) is 2. The number of aryl methyl sites for hydroxylation is 1. The molecule has 0 heterocycles. The molecule has 1 aliphatic carbocycles. The number of hydrogen-bond acceptors (Lipinski definition) is 5. The maximum Gasteiger partial charge on any atom is 0.227 e. The van der Waals surface area contributed by atoms with E-state index in [9.17, 15) is 4.79 Å². The monoisotopic (exact) mass is 448 g/mol. The van der Waals surface area contributed by atoms with E-state index in [1.807, 2.05) is 26.0 Å². The Morgan fingerprint density at radius 2 is 1.97 bits per heavy atom. The van der Waals surface area contributed by atoms with Gasteiger partial charge in [-0.25, -0.2) is 5.53 Å². The van der Waals surface area contributed by atoms with Crippen LogP contribution in [0.4, 0.5) is 5.69 Å². The molecule has 0 bridgehead atoms. The molecule has 2 aromatic rings. The third-order valence-corrected chi connectivity index (χ3v) is 6.68. The number of hydrogen-bond donors (Lipinski definition) is 2. The first kappa shape index (κ1) is 24.6. The molecule has 3 rings (SSSR count). The van der Waals surface area contributed by atoms with Crippen molar-refractivity contribution in [3.63, 3.8) is 0 Å². The van der Waals surface area contributed by atoms with Gasteiger partial charge >= 0.3 is 0 Å². The van der Waals surface area contributed by atoms with Gasteiger partial charge in [-0.05, 0) is 67.7 Å². The number of carbonyl (C=O) groups is 1. The summed E-state index contributed by atoms with van der Waals surface area (Å²) in [4.78, 5) is 18.6. The van der Waals surface area contributed by atoms with E-state index in [1.165, 1.54) is 23.1 Å². The van der Waals surface area contributed by atoms with Crippen LogP contribution in [0.1, 0.15) is 80.7 Å². The minimum atomic E-state index is -0.222. The van der Waals surface area contributed by atoms with Crippen molar-refractivity contribution in [2.24, 2.45) is 16.2 Å². The summed E-state index contributed by atoms with van der Waals surface area (Å²) in [6.07, 6.45) is 4.97. The molecular formula is C27H36N4O2. The van der Waals surface area contributed by atoms with E-state index in [1.54, 1.807) is 0 Å². The Morgan fingerprint density at radius 1 is 1.18 bits per heavy atom. The smallest absolute Gasteiger partial charge is 0.227 e. The lowest BCUT2D eigenvalue weighted by Crippen LogP contribution is -2.22. The van der Waals surface area contributed by atoms with Crippen molar-refractivity contribution in [2.45, 2.75) is 72.3 Å². The standard InChI is InChI=1S/C27H36N4O2/c1-5-18(2)22-11-8-14-26(30-27(32)19(3)15-16-29-28)25(22)17-33-31-20(4)23-12-6-9-21-10-7-13-24(21)23/h6,8-9,11-12,14,18-19,28H,5,7,10,13,15-17H2,1-4H3,(H,30,32)/b29-28?,31-20-. The highest BCUT2D eigenvalue weighted by molar-refractivity contribution is 6.00. The normalized spacial score (nSPS) is 15.0. The minimum absolute atomic E-state index is 0.0688. The molecule has 2 aromatic carbocycles. The molecule has 0 saturated carbocycles. The average molecular weight is 449 g/mol. The molecule has 0 fully saturated rings. The maximum atomic E-state index is 12.7. The fraction of sp³-hybridized carbons (Fsp3) is 0.481. The van der Waals surface area contributed by atoms with Crippen molar-refractivity contribution in [3.05, 3.63) is 64.2 Å². The highest BCUT2D eigenvalue weighted by Gasteiger charge is 2.19. The van der Waals surface area contributed by atoms with Gasteiger partial charge in [0.05, 0.1) is 12.3 Å². The zero-order valence-electron chi connectivity index (χ0n) is 20.3. The number of fused-ring (bicyclic) bond motifs is 1. The fourth-order valence-corrected chi connectivity index (χ4v) is 4.41. The van der Waals surface area contributed by atoms with Gasteiger partial charge in [0.25, 0.3) is 0 Å². The summed E-state index contributed by atoms with van der Waals surface area (Å²) in [5.41, 5.74) is 14.7. The van der Waals surface area contributed by atoms with Crippen molar-refractivity contribution >= 4 is 17.3 Å². The van der Waals surface area contributed by atoms with Crippen LogP contribution >= 0.6 is 0 Å². The van der Waals surface area contributed by atoms with Crippen LogP contribution in [0.2, 0.25) is 0 Å². The molecule has 0 radical (unpaired) electrons. The molecule has 2 N–H and O–H groups in total. The van der Waals surface area contributed by atoms with Gasteiger partial charge in [0.15, 0.2) is 0 Å². The predicted octanol–water partition coefficient (Wildman–Crippen LogP) is 6.63. The number of carbonyl (C=O) groups excluding carboxylic acids is 1. The van der Waals surface area contributed by atoms with Gasteiger partial charge < -0.3 is 10.2 Å². The summed E-state index contributed by atoms with van der Waals surface area (Å²) in [7, 11) is 0. The van der Waals surface area contributed by atoms with E-state index < -0.39 is 0 Å². The van der Waals surface area contributed by atoms with E-state index in [-0.39, 0.29) is 11.8 Å². The van der Waals surface area contributed by atoms with Gasteiger partial charge in [-0.3, -0.25) is 4.79 Å². The van der Waals surface area contributed by atoms with Crippen LogP contribution in [0, 0.1) is 11.4 Å². The average Bonchev–Trinajstić information content (AvgIpc) is 3.31. The summed E-state index contributed by atoms with van der Waals surface area (Å²) in [5, 5.41) is 10.9. The van der Waals surface area contributed by atoms with Crippen molar-refractivity contribution in [1.29, 1.82) is 5.53 Å². The topological polar surface area (TPSA) is 86.9 Å². The first-order chi connectivity index (χ1) is 16.0. The minimum Gasteiger partial charge on any atom is -0.391 e. The quantitative estimate of drug-likeness (QED) is 0.230. The number of oxime groups is 1. The van der Waals surface area contributed by atoms with Crippen molar-refractivity contribution in [2.75, 3.05) is 11.9 Å². The molecular weight excluding hydrogens is 412 g/mol. The van der Waals surface area contributed by atoms with E-state index in [2.05, 4.69) is 53.7 Å². The van der Waals surface area contributed by atoms with E-state index in [4.69, 9.17) is 10.4 Å². The molecule has 0 spiro atoms. The zero-order valence-corrected chi connectivity index (χ0v) is 20.3. The van der Waals surface area contributed by atoms with Crippen molar-refractivity contribution in [1.82, 2.24) is 0 Å². The van der Waals surface area contributed by atoms with Crippen molar-refractivity contribution < 1.29 is 9.63 Å².